The van der Waals surface area contributed by atoms with Crippen molar-refractivity contribution in [3.05, 3.63) is 0 Å². The first-order valence-electron chi connectivity index (χ1n) is 5.91. The van der Waals surface area contributed by atoms with Crippen LogP contribution < -0.4 is 5.73 Å². The molecule has 0 saturated carbocycles. The fourth-order valence-electron chi connectivity index (χ4n) is 3.28. The Morgan fingerprint density at radius 1 is 1.36 bits per heavy atom. The molecular weight excluding hydrogens is 176 g/mol. The van der Waals surface area contributed by atoms with Gasteiger partial charge >= 0.3 is 0 Å². The van der Waals surface area contributed by atoms with E-state index in [1.165, 1.54) is 12.8 Å². The standard InChI is InChI=1S/C11H22N2O/c1-2-8(7-12)13-9-3-4-10(13)6-11(14)5-9/h8-11,14H,2-7,12H2,1H3. The second-order valence-corrected chi connectivity index (χ2v) is 4.76. The summed E-state index contributed by atoms with van der Waals surface area (Å²) in [6.07, 6.45) is 5.54. The first-order valence-corrected chi connectivity index (χ1v) is 5.91. The lowest BCUT2D eigenvalue weighted by molar-refractivity contribution is 0.0113. The van der Waals surface area contributed by atoms with E-state index < -0.39 is 0 Å². The number of aliphatic hydroxyl groups is 1. The van der Waals surface area contributed by atoms with Gasteiger partial charge in [-0.15, -0.1) is 0 Å². The second-order valence-electron chi connectivity index (χ2n) is 4.76. The van der Waals surface area contributed by atoms with Crippen LogP contribution >= 0.6 is 0 Å². The highest BCUT2D eigenvalue weighted by Crippen LogP contribution is 2.37. The summed E-state index contributed by atoms with van der Waals surface area (Å²) in [6, 6.07) is 1.76. The van der Waals surface area contributed by atoms with Crippen LogP contribution in [0, 0.1) is 0 Å². The quantitative estimate of drug-likeness (QED) is 0.702. The van der Waals surface area contributed by atoms with Gasteiger partial charge in [-0.25, -0.2) is 0 Å². The molecule has 3 N–H and O–H groups in total. The molecule has 3 atom stereocenters. The number of rotatable bonds is 3. The van der Waals surface area contributed by atoms with Crippen LogP contribution in [0.3, 0.4) is 0 Å². The summed E-state index contributed by atoms with van der Waals surface area (Å²) in [7, 11) is 0. The van der Waals surface area contributed by atoms with Crippen molar-refractivity contribution in [3.63, 3.8) is 0 Å². The Labute approximate surface area is 86.3 Å². The van der Waals surface area contributed by atoms with Crippen molar-refractivity contribution < 1.29 is 5.11 Å². The van der Waals surface area contributed by atoms with Crippen molar-refractivity contribution in [1.29, 1.82) is 0 Å². The van der Waals surface area contributed by atoms with Crippen LogP contribution in [0.15, 0.2) is 0 Å². The summed E-state index contributed by atoms with van der Waals surface area (Å²) in [6.45, 7) is 2.97. The first kappa shape index (κ1) is 10.4. The summed E-state index contributed by atoms with van der Waals surface area (Å²) in [4.78, 5) is 2.59. The predicted octanol–water partition coefficient (Wildman–Crippen LogP) is 0.711. The minimum atomic E-state index is -0.0565. The molecule has 14 heavy (non-hydrogen) atoms. The average molecular weight is 198 g/mol. The van der Waals surface area contributed by atoms with Crippen molar-refractivity contribution in [1.82, 2.24) is 4.90 Å². The molecule has 3 unspecified atom stereocenters. The zero-order valence-corrected chi connectivity index (χ0v) is 9.02. The highest BCUT2D eigenvalue weighted by Gasteiger charge is 2.42. The molecule has 2 heterocycles. The van der Waals surface area contributed by atoms with Gasteiger partial charge < -0.3 is 10.8 Å². The van der Waals surface area contributed by atoms with Crippen LogP contribution in [-0.2, 0) is 0 Å². The van der Waals surface area contributed by atoms with Gasteiger partial charge in [0.2, 0.25) is 0 Å². The van der Waals surface area contributed by atoms with E-state index in [0.29, 0.717) is 18.1 Å². The van der Waals surface area contributed by atoms with E-state index in [-0.39, 0.29) is 6.10 Å². The van der Waals surface area contributed by atoms with Crippen molar-refractivity contribution in [2.45, 2.75) is 63.3 Å². The largest absolute Gasteiger partial charge is 0.393 e. The Kier molecular flexibility index (Phi) is 3.10. The predicted molar refractivity (Wildman–Crippen MR) is 57.0 cm³/mol. The van der Waals surface area contributed by atoms with Crippen LogP contribution in [0.25, 0.3) is 0 Å². The number of piperidine rings is 1. The van der Waals surface area contributed by atoms with Gasteiger partial charge in [0.05, 0.1) is 6.10 Å². The molecule has 2 saturated heterocycles. The van der Waals surface area contributed by atoms with Crippen LogP contribution in [-0.4, -0.2) is 40.8 Å². The second kappa shape index (κ2) is 4.17. The van der Waals surface area contributed by atoms with Gasteiger partial charge in [-0.3, -0.25) is 4.90 Å². The maximum atomic E-state index is 9.68. The normalized spacial score (nSPS) is 40.1. The molecular formula is C11H22N2O. The van der Waals surface area contributed by atoms with Gasteiger partial charge in [-0.05, 0) is 32.1 Å². The first-order chi connectivity index (χ1) is 6.76. The molecule has 2 bridgehead atoms. The molecule has 2 rings (SSSR count). The molecule has 2 aliphatic rings. The molecule has 0 aliphatic carbocycles. The van der Waals surface area contributed by atoms with Gasteiger partial charge in [0.15, 0.2) is 0 Å². The van der Waals surface area contributed by atoms with Gasteiger partial charge in [-0.1, -0.05) is 6.92 Å². The van der Waals surface area contributed by atoms with E-state index >= 15 is 0 Å². The SMILES string of the molecule is CCC(CN)N1C2CCC1CC(O)C2. The van der Waals surface area contributed by atoms with Gasteiger partial charge in [-0.2, -0.15) is 0 Å². The molecule has 82 valence electrons. The van der Waals surface area contributed by atoms with Crippen LogP contribution in [0.1, 0.15) is 39.0 Å². The Morgan fingerprint density at radius 2 is 1.93 bits per heavy atom. The van der Waals surface area contributed by atoms with E-state index in [4.69, 9.17) is 5.73 Å². The fourth-order valence-corrected chi connectivity index (χ4v) is 3.28. The van der Waals surface area contributed by atoms with E-state index in [9.17, 15) is 5.11 Å². The number of fused-ring (bicyclic) bond motifs is 2. The van der Waals surface area contributed by atoms with E-state index in [0.717, 1.165) is 25.8 Å². The Morgan fingerprint density at radius 3 is 2.36 bits per heavy atom. The highest BCUT2D eigenvalue weighted by atomic mass is 16.3. The molecule has 3 nitrogen and oxygen atoms in total. The number of hydrogen-bond donors (Lipinski definition) is 2. The lowest BCUT2D eigenvalue weighted by atomic mass is 9.97. The third kappa shape index (κ3) is 1.69. The lowest BCUT2D eigenvalue weighted by Crippen LogP contribution is -2.52. The van der Waals surface area contributed by atoms with Gasteiger partial charge in [0.1, 0.15) is 0 Å². The zero-order valence-electron chi connectivity index (χ0n) is 9.02. The van der Waals surface area contributed by atoms with Crippen LogP contribution in [0.2, 0.25) is 0 Å². The molecule has 0 aromatic carbocycles. The molecule has 0 spiro atoms. The van der Waals surface area contributed by atoms with E-state index in [1.54, 1.807) is 0 Å². The Bertz CT molecular complexity index is 180. The maximum absolute atomic E-state index is 9.68. The van der Waals surface area contributed by atoms with Gasteiger partial charge in [0, 0.05) is 24.7 Å². The minimum absolute atomic E-state index is 0.0565. The van der Waals surface area contributed by atoms with Crippen molar-refractivity contribution in [2.24, 2.45) is 5.73 Å². The Hall–Kier alpha value is -0.120. The zero-order chi connectivity index (χ0) is 10.1. The highest BCUT2D eigenvalue weighted by molar-refractivity contribution is 4.98. The fraction of sp³-hybridized carbons (Fsp3) is 1.00. The van der Waals surface area contributed by atoms with Crippen LogP contribution in [0.4, 0.5) is 0 Å². The van der Waals surface area contributed by atoms with E-state index in [2.05, 4.69) is 11.8 Å². The van der Waals surface area contributed by atoms with Gasteiger partial charge in [0.25, 0.3) is 0 Å². The molecule has 0 radical (unpaired) electrons. The van der Waals surface area contributed by atoms with Crippen molar-refractivity contribution in [3.8, 4) is 0 Å². The molecule has 2 aliphatic heterocycles. The summed E-state index contributed by atoms with van der Waals surface area (Å²) in [5, 5.41) is 9.68. The third-order valence-electron chi connectivity index (χ3n) is 3.93. The van der Waals surface area contributed by atoms with Crippen LogP contribution in [0.5, 0.6) is 0 Å². The number of hydrogen-bond acceptors (Lipinski definition) is 3. The molecule has 0 amide bonds. The number of aliphatic hydroxyl groups excluding tert-OH is 1. The average Bonchev–Trinajstić information content (AvgIpc) is 2.45. The summed E-state index contributed by atoms with van der Waals surface area (Å²) < 4.78 is 0. The number of nitrogens with zero attached hydrogens (tertiary/aromatic N) is 1. The smallest absolute Gasteiger partial charge is 0.0570 e. The summed E-state index contributed by atoms with van der Waals surface area (Å²) in [5.41, 5.74) is 5.80. The maximum Gasteiger partial charge on any atom is 0.0570 e. The molecule has 0 aromatic heterocycles. The Balaban J connectivity index is 2.06. The van der Waals surface area contributed by atoms with Crippen molar-refractivity contribution in [2.75, 3.05) is 6.54 Å². The molecule has 3 heteroatoms. The molecule has 0 aromatic rings. The number of nitrogens with two attached hydrogens (primary N) is 1. The molecule has 2 fully saturated rings. The summed E-state index contributed by atoms with van der Waals surface area (Å²) >= 11 is 0. The topological polar surface area (TPSA) is 49.5 Å². The van der Waals surface area contributed by atoms with Crippen molar-refractivity contribution >= 4 is 0 Å². The summed E-state index contributed by atoms with van der Waals surface area (Å²) in [5.74, 6) is 0. The minimum Gasteiger partial charge on any atom is -0.393 e. The monoisotopic (exact) mass is 198 g/mol. The lowest BCUT2D eigenvalue weighted by Gasteiger charge is -2.41. The van der Waals surface area contributed by atoms with E-state index in [1.807, 2.05) is 0 Å². The third-order valence-corrected chi connectivity index (χ3v) is 3.93.